The smallest absolute Gasteiger partial charge is 0.261 e. The largest absolute Gasteiger partial charge is 0.322 e. The molecule has 2 N–H and O–H groups in total. The van der Waals surface area contributed by atoms with Crippen molar-refractivity contribution in [1.29, 1.82) is 0 Å². The van der Waals surface area contributed by atoms with Gasteiger partial charge in [0.2, 0.25) is 0 Å². The van der Waals surface area contributed by atoms with E-state index >= 15 is 0 Å². The van der Waals surface area contributed by atoms with Gasteiger partial charge in [-0.25, -0.2) is 8.42 Å². The molecule has 0 aliphatic rings. The number of sulfonamides is 1. The van der Waals surface area contributed by atoms with Crippen LogP contribution in [-0.4, -0.2) is 24.1 Å². The second-order valence-electron chi connectivity index (χ2n) is 5.81. The van der Waals surface area contributed by atoms with Crippen LogP contribution in [0.15, 0.2) is 65.8 Å². The molecule has 0 unspecified atom stereocenters. The summed E-state index contributed by atoms with van der Waals surface area (Å²) < 4.78 is 29.1. The van der Waals surface area contributed by atoms with Gasteiger partial charge in [0.25, 0.3) is 15.9 Å². The van der Waals surface area contributed by atoms with Crippen molar-refractivity contribution < 1.29 is 13.2 Å². The molecule has 26 heavy (non-hydrogen) atoms. The Morgan fingerprint density at radius 1 is 1.12 bits per heavy atom. The molecule has 0 fully saturated rings. The second-order valence-corrected chi connectivity index (χ2v) is 7.49. The Bertz CT molecular complexity index is 1040. The number of aryl methyl sites for hydroxylation is 2. The van der Waals surface area contributed by atoms with Gasteiger partial charge in [-0.3, -0.25) is 14.2 Å². The molecule has 0 bridgehead atoms. The highest BCUT2D eigenvalue weighted by Crippen LogP contribution is 2.24. The van der Waals surface area contributed by atoms with E-state index in [1.54, 1.807) is 56.6 Å². The zero-order valence-electron chi connectivity index (χ0n) is 14.3. The molecule has 8 heteroatoms. The van der Waals surface area contributed by atoms with Crippen molar-refractivity contribution in [3.8, 4) is 0 Å². The van der Waals surface area contributed by atoms with E-state index in [-0.39, 0.29) is 10.8 Å². The molecule has 7 nitrogen and oxygen atoms in total. The molecule has 1 aromatic heterocycles. The molecule has 1 amide bonds. The maximum absolute atomic E-state index is 12.5. The van der Waals surface area contributed by atoms with Gasteiger partial charge in [0.15, 0.2) is 0 Å². The minimum absolute atomic E-state index is 0.171. The summed E-state index contributed by atoms with van der Waals surface area (Å²) in [7, 11) is -1.98. The van der Waals surface area contributed by atoms with Crippen LogP contribution in [0.5, 0.6) is 0 Å². The maximum Gasteiger partial charge on any atom is 0.261 e. The Labute approximate surface area is 151 Å². The van der Waals surface area contributed by atoms with Gasteiger partial charge in [-0.15, -0.1) is 0 Å². The average Bonchev–Trinajstić information content (AvgIpc) is 3.05. The van der Waals surface area contributed by atoms with Crippen molar-refractivity contribution in [2.24, 2.45) is 7.05 Å². The van der Waals surface area contributed by atoms with Crippen molar-refractivity contribution in [2.75, 3.05) is 10.0 Å². The molecule has 0 spiro atoms. The molecule has 0 radical (unpaired) electrons. The Morgan fingerprint density at radius 3 is 2.50 bits per heavy atom. The number of aromatic nitrogens is 2. The highest BCUT2D eigenvalue weighted by molar-refractivity contribution is 7.92. The number of nitrogens with one attached hydrogen (secondary N) is 2. The summed E-state index contributed by atoms with van der Waals surface area (Å²) >= 11 is 0. The van der Waals surface area contributed by atoms with Crippen LogP contribution in [0.25, 0.3) is 0 Å². The first-order valence-corrected chi connectivity index (χ1v) is 9.32. The summed E-state index contributed by atoms with van der Waals surface area (Å²) in [6.07, 6.45) is 3.06. The third-order valence-corrected chi connectivity index (χ3v) is 5.14. The van der Waals surface area contributed by atoms with E-state index in [4.69, 9.17) is 0 Å². The fourth-order valence-electron chi connectivity index (χ4n) is 2.35. The molecule has 3 aromatic rings. The molecule has 1 heterocycles. The number of amides is 1. The van der Waals surface area contributed by atoms with E-state index in [0.717, 1.165) is 5.56 Å². The predicted octanol–water partition coefficient (Wildman–Crippen LogP) is 2.78. The number of anilines is 2. The Balaban J connectivity index is 1.83. The van der Waals surface area contributed by atoms with Gasteiger partial charge in [0.1, 0.15) is 0 Å². The minimum atomic E-state index is -3.71. The monoisotopic (exact) mass is 370 g/mol. The van der Waals surface area contributed by atoms with Crippen LogP contribution in [0.3, 0.4) is 0 Å². The number of carbonyl (C=O) groups is 1. The third-order valence-electron chi connectivity index (χ3n) is 3.76. The van der Waals surface area contributed by atoms with E-state index in [9.17, 15) is 13.2 Å². The van der Waals surface area contributed by atoms with Crippen LogP contribution >= 0.6 is 0 Å². The Kier molecular flexibility index (Phi) is 4.77. The van der Waals surface area contributed by atoms with Crippen LogP contribution in [0.4, 0.5) is 11.4 Å². The van der Waals surface area contributed by atoms with Gasteiger partial charge >= 0.3 is 0 Å². The van der Waals surface area contributed by atoms with Crippen LogP contribution < -0.4 is 10.0 Å². The summed E-state index contributed by atoms with van der Waals surface area (Å²) in [6.45, 7) is 1.79. The number of carbonyl (C=O) groups excluding carboxylic acids is 1. The zero-order valence-corrected chi connectivity index (χ0v) is 15.1. The number of hydrogen-bond acceptors (Lipinski definition) is 4. The number of rotatable bonds is 5. The first-order valence-electron chi connectivity index (χ1n) is 7.84. The van der Waals surface area contributed by atoms with Crippen molar-refractivity contribution >= 4 is 27.3 Å². The maximum atomic E-state index is 12.5. The van der Waals surface area contributed by atoms with Crippen molar-refractivity contribution in [3.05, 3.63) is 72.1 Å². The van der Waals surface area contributed by atoms with Crippen molar-refractivity contribution in [2.45, 2.75) is 11.8 Å². The Morgan fingerprint density at radius 2 is 1.85 bits per heavy atom. The molecule has 0 aliphatic carbocycles. The quantitative estimate of drug-likeness (QED) is 0.722. The van der Waals surface area contributed by atoms with E-state index in [0.29, 0.717) is 16.9 Å². The lowest BCUT2D eigenvalue weighted by molar-refractivity contribution is 0.102. The lowest BCUT2D eigenvalue weighted by Crippen LogP contribution is -2.15. The lowest BCUT2D eigenvalue weighted by atomic mass is 10.2. The van der Waals surface area contributed by atoms with Crippen molar-refractivity contribution in [1.82, 2.24) is 9.78 Å². The van der Waals surface area contributed by atoms with Crippen LogP contribution in [0.1, 0.15) is 15.9 Å². The first-order chi connectivity index (χ1) is 12.3. The molecular formula is C18H18N4O3S. The van der Waals surface area contributed by atoms with Gasteiger partial charge in [-0.2, -0.15) is 5.10 Å². The summed E-state index contributed by atoms with van der Waals surface area (Å²) in [5, 5.41) is 6.69. The minimum Gasteiger partial charge on any atom is -0.322 e. The number of nitrogens with zero attached hydrogens (tertiary/aromatic N) is 2. The predicted molar refractivity (Wildman–Crippen MR) is 99.6 cm³/mol. The fraction of sp³-hybridized carbons (Fsp3) is 0.111. The normalized spacial score (nSPS) is 11.2. The van der Waals surface area contributed by atoms with Gasteiger partial charge in [-0.1, -0.05) is 24.3 Å². The first kappa shape index (κ1) is 17.7. The second kappa shape index (κ2) is 7.01. The van der Waals surface area contributed by atoms with Gasteiger partial charge < -0.3 is 5.32 Å². The molecule has 2 aromatic carbocycles. The summed E-state index contributed by atoms with van der Waals surface area (Å²) in [6, 6.07) is 13.1. The topological polar surface area (TPSA) is 93.1 Å². The van der Waals surface area contributed by atoms with Crippen molar-refractivity contribution in [3.63, 3.8) is 0 Å². The van der Waals surface area contributed by atoms with Crippen LogP contribution in [0.2, 0.25) is 0 Å². The highest BCUT2D eigenvalue weighted by atomic mass is 32.2. The molecular weight excluding hydrogens is 352 g/mol. The van der Waals surface area contributed by atoms with E-state index < -0.39 is 10.0 Å². The molecule has 3 rings (SSSR count). The average molecular weight is 370 g/mol. The Hall–Kier alpha value is -3.13. The van der Waals surface area contributed by atoms with Crippen LogP contribution in [0, 0.1) is 6.92 Å². The molecule has 0 saturated carbocycles. The van der Waals surface area contributed by atoms with E-state index in [1.807, 2.05) is 0 Å². The van der Waals surface area contributed by atoms with Gasteiger partial charge in [0, 0.05) is 18.9 Å². The number of benzene rings is 2. The summed E-state index contributed by atoms with van der Waals surface area (Å²) in [4.78, 5) is 12.4. The van der Waals surface area contributed by atoms with E-state index in [2.05, 4.69) is 15.1 Å². The standard InChI is InChI=1S/C18H18N4O3S/c1-13-8-9-15(20-18(23)14-11-19-22(2)12-14)10-17(13)21-26(24,25)16-6-4-3-5-7-16/h3-12,21H,1-2H3,(H,20,23). The molecule has 0 saturated heterocycles. The lowest BCUT2D eigenvalue weighted by Gasteiger charge is -2.13. The summed E-state index contributed by atoms with van der Waals surface area (Å²) in [5.74, 6) is -0.321. The fourth-order valence-corrected chi connectivity index (χ4v) is 3.50. The zero-order chi connectivity index (χ0) is 18.7. The van der Waals surface area contributed by atoms with E-state index in [1.165, 1.54) is 23.0 Å². The van der Waals surface area contributed by atoms with Gasteiger partial charge in [-0.05, 0) is 36.8 Å². The molecule has 0 atom stereocenters. The third kappa shape index (κ3) is 3.92. The SMILES string of the molecule is Cc1ccc(NC(=O)c2cnn(C)c2)cc1NS(=O)(=O)c1ccccc1. The molecule has 0 aliphatic heterocycles. The summed E-state index contributed by atoms with van der Waals surface area (Å²) in [5.41, 5.74) is 2.04. The number of hydrogen-bond donors (Lipinski definition) is 2. The van der Waals surface area contributed by atoms with Gasteiger partial charge in [0.05, 0.1) is 22.3 Å². The molecule has 134 valence electrons. The van der Waals surface area contributed by atoms with Crippen LogP contribution in [-0.2, 0) is 17.1 Å². The highest BCUT2D eigenvalue weighted by Gasteiger charge is 2.16.